The quantitative estimate of drug-likeness (QED) is 0.754. The van der Waals surface area contributed by atoms with E-state index in [2.05, 4.69) is 12.2 Å². The van der Waals surface area contributed by atoms with Gasteiger partial charge in [0.2, 0.25) is 0 Å². The van der Waals surface area contributed by atoms with Crippen molar-refractivity contribution in [2.24, 2.45) is 0 Å². The lowest BCUT2D eigenvalue weighted by atomic mass is 10.1. The lowest BCUT2D eigenvalue weighted by molar-refractivity contribution is 0.0950. The molecule has 15 heavy (non-hydrogen) atoms. The normalized spacial score (nSPS) is 18.6. The van der Waals surface area contributed by atoms with E-state index in [1.54, 1.807) is 0 Å². The molecule has 0 radical (unpaired) electrons. The average Bonchev–Trinajstić information content (AvgIpc) is 3.10. The fourth-order valence-electron chi connectivity index (χ4n) is 1.39. The van der Waals surface area contributed by atoms with Gasteiger partial charge in [-0.2, -0.15) is 0 Å². The number of hydrogen-bond acceptors (Lipinski definition) is 2. The van der Waals surface area contributed by atoms with Crippen LogP contribution in [0.5, 0.6) is 0 Å². The Morgan fingerprint density at radius 2 is 2.13 bits per heavy atom. The lowest BCUT2D eigenvalue weighted by Crippen LogP contribution is -2.27. The lowest BCUT2D eigenvalue weighted by Gasteiger charge is -2.03. The number of amides is 1. The summed E-state index contributed by atoms with van der Waals surface area (Å²) < 4.78 is 5.02. The Morgan fingerprint density at radius 3 is 2.67 bits per heavy atom. The molecule has 1 aliphatic rings. The van der Waals surface area contributed by atoms with Crippen molar-refractivity contribution in [3.63, 3.8) is 0 Å². The van der Waals surface area contributed by atoms with Gasteiger partial charge >= 0.3 is 0 Å². The van der Waals surface area contributed by atoms with E-state index < -0.39 is 0 Å². The van der Waals surface area contributed by atoms with E-state index in [-0.39, 0.29) is 12.0 Å². The number of ether oxygens (including phenoxy) is 1. The van der Waals surface area contributed by atoms with Gasteiger partial charge in [0.1, 0.15) is 0 Å². The van der Waals surface area contributed by atoms with Gasteiger partial charge in [0.15, 0.2) is 0 Å². The number of hydrogen-bond donors (Lipinski definition) is 1. The Morgan fingerprint density at radius 1 is 1.47 bits per heavy atom. The van der Waals surface area contributed by atoms with E-state index in [9.17, 15) is 4.79 Å². The standard InChI is InChI=1S/C12H15NO2/c1-2-9-3-5-10(6-4-9)12(14)13-7-11-8-15-11/h3-6,11H,2,7-8H2,1H3,(H,13,14)/t11-/m1/s1. The molecule has 1 aliphatic heterocycles. The van der Waals surface area contributed by atoms with E-state index in [0.29, 0.717) is 12.1 Å². The maximum Gasteiger partial charge on any atom is 0.251 e. The van der Waals surface area contributed by atoms with Crippen molar-refractivity contribution in [1.29, 1.82) is 0 Å². The zero-order valence-electron chi connectivity index (χ0n) is 8.82. The predicted molar refractivity (Wildman–Crippen MR) is 57.9 cm³/mol. The zero-order chi connectivity index (χ0) is 10.7. The van der Waals surface area contributed by atoms with Crippen LogP contribution in [0.1, 0.15) is 22.8 Å². The van der Waals surface area contributed by atoms with Crippen LogP contribution in [0.25, 0.3) is 0 Å². The van der Waals surface area contributed by atoms with Gasteiger partial charge in [0.25, 0.3) is 5.91 Å². The average molecular weight is 205 g/mol. The molecule has 1 saturated heterocycles. The Kier molecular flexibility index (Phi) is 3.02. The van der Waals surface area contributed by atoms with Crippen LogP contribution in [-0.2, 0) is 11.2 Å². The maximum absolute atomic E-state index is 11.6. The molecule has 1 atom stereocenters. The summed E-state index contributed by atoms with van der Waals surface area (Å²) in [5.74, 6) is -0.0202. The molecule has 1 aromatic carbocycles. The van der Waals surface area contributed by atoms with Gasteiger partial charge in [-0.15, -0.1) is 0 Å². The van der Waals surface area contributed by atoms with Crippen molar-refractivity contribution in [2.75, 3.05) is 13.2 Å². The van der Waals surface area contributed by atoms with Crippen LogP contribution in [0.2, 0.25) is 0 Å². The minimum absolute atomic E-state index is 0.0202. The fourth-order valence-corrected chi connectivity index (χ4v) is 1.39. The van der Waals surface area contributed by atoms with Crippen molar-refractivity contribution in [1.82, 2.24) is 5.32 Å². The van der Waals surface area contributed by atoms with E-state index in [4.69, 9.17) is 4.74 Å². The van der Waals surface area contributed by atoms with Gasteiger partial charge < -0.3 is 10.1 Å². The molecular weight excluding hydrogens is 190 g/mol. The third-order valence-corrected chi connectivity index (χ3v) is 2.52. The van der Waals surface area contributed by atoms with Crippen LogP contribution in [0, 0.1) is 0 Å². The van der Waals surface area contributed by atoms with E-state index >= 15 is 0 Å². The molecule has 0 aliphatic carbocycles. The number of epoxide rings is 1. The third-order valence-electron chi connectivity index (χ3n) is 2.52. The molecule has 80 valence electrons. The predicted octanol–water partition coefficient (Wildman–Crippen LogP) is 1.38. The molecule has 1 amide bonds. The summed E-state index contributed by atoms with van der Waals surface area (Å²) in [6.07, 6.45) is 1.24. The van der Waals surface area contributed by atoms with E-state index in [1.807, 2.05) is 24.3 Å². The SMILES string of the molecule is CCc1ccc(C(=O)NC[C@@H]2CO2)cc1. The molecular formula is C12H15NO2. The molecule has 0 spiro atoms. The van der Waals surface area contributed by atoms with Crippen LogP contribution in [0.4, 0.5) is 0 Å². The first kappa shape index (κ1) is 10.2. The Bertz CT molecular complexity index is 341. The van der Waals surface area contributed by atoms with Crippen molar-refractivity contribution in [3.05, 3.63) is 35.4 Å². The summed E-state index contributed by atoms with van der Waals surface area (Å²) in [6.45, 7) is 3.49. The van der Waals surface area contributed by atoms with E-state index in [1.165, 1.54) is 5.56 Å². The molecule has 3 nitrogen and oxygen atoms in total. The minimum Gasteiger partial charge on any atom is -0.371 e. The minimum atomic E-state index is -0.0202. The fraction of sp³-hybridized carbons (Fsp3) is 0.417. The van der Waals surface area contributed by atoms with Gasteiger partial charge in [-0.3, -0.25) is 4.79 Å². The van der Waals surface area contributed by atoms with Gasteiger partial charge in [-0.1, -0.05) is 19.1 Å². The van der Waals surface area contributed by atoms with Crippen LogP contribution in [-0.4, -0.2) is 25.2 Å². The molecule has 0 unspecified atom stereocenters. The molecule has 0 saturated carbocycles. The van der Waals surface area contributed by atoms with Crippen LogP contribution in [0.15, 0.2) is 24.3 Å². The topological polar surface area (TPSA) is 41.6 Å². The Labute approximate surface area is 89.4 Å². The van der Waals surface area contributed by atoms with Gasteiger partial charge in [-0.25, -0.2) is 0 Å². The molecule has 1 aromatic rings. The molecule has 2 rings (SSSR count). The smallest absolute Gasteiger partial charge is 0.251 e. The number of aryl methyl sites for hydroxylation is 1. The summed E-state index contributed by atoms with van der Waals surface area (Å²) in [6, 6.07) is 7.70. The van der Waals surface area contributed by atoms with Gasteiger partial charge in [0, 0.05) is 12.1 Å². The first-order valence-corrected chi connectivity index (χ1v) is 5.28. The number of rotatable bonds is 4. The highest BCUT2D eigenvalue weighted by Crippen LogP contribution is 2.08. The highest BCUT2D eigenvalue weighted by Gasteiger charge is 2.22. The van der Waals surface area contributed by atoms with Crippen LogP contribution in [0.3, 0.4) is 0 Å². The van der Waals surface area contributed by atoms with Crippen molar-refractivity contribution >= 4 is 5.91 Å². The number of carbonyl (C=O) groups is 1. The molecule has 1 N–H and O–H groups in total. The van der Waals surface area contributed by atoms with E-state index in [0.717, 1.165) is 13.0 Å². The number of nitrogens with one attached hydrogen (secondary N) is 1. The second kappa shape index (κ2) is 4.45. The van der Waals surface area contributed by atoms with Gasteiger partial charge in [0.05, 0.1) is 12.7 Å². The second-order valence-electron chi connectivity index (χ2n) is 3.72. The molecule has 1 fully saturated rings. The summed E-state index contributed by atoms with van der Waals surface area (Å²) in [5, 5.41) is 2.83. The van der Waals surface area contributed by atoms with Crippen LogP contribution < -0.4 is 5.32 Å². The Hall–Kier alpha value is -1.35. The molecule has 1 heterocycles. The first-order valence-electron chi connectivity index (χ1n) is 5.28. The monoisotopic (exact) mass is 205 g/mol. The van der Waals surface area contributed by atoms with Crippen LogP contribution >= 0.6 is 0 Å². The van der Waals surface area contributed by atoms with Crippen molar-refractivity contribution in [3.8, 4) is 0 Å². The molecule has 0 bridgehead atoms. The number of benzene rings is 1. The summed E-state index contributed by atoms with van der Waals surface area (Å²) in [7, 11) is 0. The third kappa shape index (κ3) is 2.80. The maximum atomic E-state index is 11.6. The highest BCUT2D eigenvalue weighted by atomic mass is 16.6. The summed E-state index contributed by atoms with van der Waals surface area (Å²) in [4.78, 5) is 11.6. The number of carbonyl (C=O) groups excluding carboxylic acids is 1. The van der Waals surface area contributed by atoms with Crippen molar-refractivity contribution < 1.29 is 9.53 Å². The second-order valence-corrected chi connectivity index (χ2v) is 3.72. The highest BCUT2D eigenvalue weighted by molar-refractivity contribution is 5.94. The Balaban J connectivity index is 1.91. The molecule has 3 heteroatoms. The van der Waals surface area contributed by atoms with Crippen molar-refractivity contribution in [2.45, 2.75) is 19.4 Å². The summed E-state index contributed by atoms with van der Waals surface area (Å²) >= 11 is 0. The first-order chi connectivity index (χ1) is 7.29. The summed E-state index contributed by atoms with van der Waals surface area (Å²) in [5.41, 5.74) is 1.96. The zero-order valence-corrected chi connectivity index (χ0v) is 8.82. The van der Waals surface area contributed by atoms with Gasteiger partial charge in [-0.05, 0) is 24.1 Å². The largest absolute Gasteiger partial charge is 0.371 e. The molecule has 0 aromatic heterocycles.